The summed E-state index contributed by atoms with van der Waals surface area (Å²) in [5, 5.41) is 36.1. The van der Waals surface area contributed by atoms with E-state index < -0.39 is 0 Å². The standard InChI is InChI=1S/C24H36N6O3/c1-13(2)17(12-31)26-24-27-23(25-11-16-9-8-10-18(33-7)22(16)32)20-21(30(24)15(5)6)19(14(3)4)28-29-20/h8-10,13-15,17,25,31-32H,11-12H2,1-7H3,(H,26,27). The number of ether oxygens (including phenoxy) is 1. The van der Waals surface area contributed by atoms with E-state index in [1.54, 1.807) is 6.07 Å². The van der Waals surface area contributed by atoms with Crippen molar-refractivity contribution >= 4 is 11.8 Å². The SMILES string of the molecule is COc1cccc(CNc2nc(NC(CO)C(C)C)n(C(C)C)c3c(C(C)C)nnc2-3)c1O. The van der Waals surface area contributed by atoms with Gasteiger partial charge in [0.15, 0.2) is 23.0 Å². The molecule has 4 N–H and O–H groups in total. The third-order valence-corrected chi connectivity index (χ3v) is 5.76. The first kappa shape index (κ1) is 24.6. The number of aliphatic hydroxyl groups is 1. The Labute approximate surface area is 195 Å². The number of rotatable bonds is 10. The fourth-order valence-electron chi connectivity index (χ4n) is 3.80. The minimum Gasteiger partial charge on any atom is -0.504 e. The van der Waals surface area contributed by atoms with Gasteiger partial charge in [-0.15, -0.1) is 5.10 Å². The number of hydrogen-bond donors (Lipinski definition) is 4. The molecule has 33 heavy (non-hydrogen) atoms. The molecule has 0 saturated carbocycles. The van der Waals surface area contributed by atoms with Gasteiger partial charge in [0.1, 0.15) is 0 Å². The van der Waals surface area contributed by atoms with Gasteiger partial charge in [-0.25, -0.2) is 0 Å². The van der Waals surface area contributed by atoms with Gasteiger partial charge in [-0.05, 0) is 31.7 Å². The van der Waals surface area contributed by atoms with Gasteiger partial charge in [-0.2, -0.15) is 10.1 Å². The molecule has 0 aliphatic carbocycles. The van der Waals surface area contributed by atoms with E-state index in [1.165, 1.54) is 7.11 Å². The van der Waals surface area contributed by atoms with Crippen LogP contribution in [0.2, 0.25) is 0 Å². The maximum absolute atomic E-state index is 10.5. The molecule has 180 valence electrons. The summed E-state index contributed by atoms with van der Waals surface area (Å²) in [4.78, 5) is 4.87. The van der Waals surface area contributed by atoms with Crippen LogP contribution in [0.5, 0.6) is 11.5 Å². The summed E-state index contributed by atoms with van der Waals surface area (Å²) in [6.45, 7) is 12.8. The van der Waals surface area contributed by atoms with Crippen molar-refractivity contribution in [2.45, 2.75) is 66.1 Å². The molecule has 9 nitrogen and oxygen atoms in total. The van der Waals surface area contributed by atoms with E-state index in [0.29, 0.717) is 35.3 Å². The number of aromatic nitrogens is 4. The summed E-state index contributed by atoms with van der Waals surface area (Å²) in [5.74, 6) is 2.08. The molecule has 1 atom stereocenters. The number of fused-ring (bicyclic) bond motifs is 1. The minimum absolute atomic E-state index is 0.00945. The van der Waals surface area contributed by atoms with Crippen LogP contribution in [0.15, 0.2) is 18.2 Å². The van der Waals surface area contributed by atoms with Crippen LogP contribution in [0.1, 0.15) is 64.8 Å². The minimum atomic E-state index is -0.159. The van der Waals surface area contributed by atoms with Crippen LogP contribution in [0.3, 0.4) is 0 Å². The van der Waals surface area contributed by atoms with E-state index in [1.807, 2.05) is 12.1 Å². The van der Waals surface area contributed by atoms with E-state index >= 15 is 0 Å². The zero-order valence-corrected chi connectivity index (χ0v) is 20.5. The molecule has 2 aliphatic rings. The quantitative estimate of drug-likeness (QED) is 0.358. The first-order chi connectivity index (χ1) is 15.7. The molecule has 0 saturated heterocycles. The highest BCUT2D eigenvalue weighted by molar-refractivity contribution is 5.75. The molecule has 3 rings (SSSR count). The van der Waals surface area contributed by atoms with E-state index in [-0.39, 0.29) is 36.3 Å². The van der Waals surface area contributed by atoms with E-state index in [0.717, 1.165) is 11.4 Å². The summed E-state index contributed by atoms with van der Waals surface area (Å²) in [6.07, 6.45) is 0. The van der Waals surface area contributed by atoms with Crippen molar-refractivity contribution in [2.24, 2.45) is 5.92 Å². The summed E-state index contributed by atoms with van der Waals surface area (Å²) in [6, 6.07) is 5.30. The highest BCUT2D eigenvalue weighted by Gasteiger charge is 2.29. The molecule has 0 spiro atoms. The van der Waals surface area contributed by atoms with Crippen molar-refractivity contribution in [3.05, 3.63) is 29.5 Å². The Morgan fingerprint density at radius 1 is 1.09 bits per heavy atom. The Hall–Kier alpha value is -3.07. The van der Waals surface area contributed by atoms with Gasteiger partial charge >= 0.3 is 0 Å². The lowest BCUT2D eigenvalue weighted by molar-refractivity contribution is 0.248. The number of anilines is 2. The summed E-state index contributed by atoms with van der Waals surface area (Å²) >= 11 is 0. The zero-order valence-electron chi connectivity index (χ0n) is 20.5. The van der Waals surface area contributed by atoms with Crippen molar-refractivity contribution in [2.75, 3.05) is 24.4 Å². The summed E-state index contributed by atoms with van der Waals surface area (Å²) in [7, 11) is 1.52. The number of phenols is 1. The van der Waals surface area contributed by atoms with Crippen LogP contribution < -0.4 is 15.4 Å². The van der Waals surface area contributed by atoms with Gasteiger partial charge in [0, 0.05) is 18.2 Å². The highest BCUT2D eigenvalue weighted by atomic mass is 16.5. The Balaban J connectivity index is 2.11. The number of aromatic hydroxyl groups is 1. The van der Waals surface area contributed by atoms with E-state index in [4.69, 9.17) is 9.72 Å². The predicted molar refractivity (Wildman–Crippen MR) is 130 cm³/mol. The highest BCUT2D eigenvalue weighted by Crippen LogP contribution is 2.38. The predicted octanol–water partition coefficient (Wildman–Crippen LogP) is 4.24. The first-order valence-electron chi connectivity index (χ1n) is 11.4. The summed E-state index contributed by atoms with van der Waals surface area (Å²) in [5.41, 5.74) is 3.15. The number of para-hydroxylation sites is 1. The van der Waals surface area contributed by atoms with Gasteiger partial charge in [0.2, 0.25) is 5.95 Å². The Bertz CT molecular complexity index is 1050. The smallest absolute Gasteiger partial charge is 0.205 e. The topological polar surface area (TPSA) is 117 Å². The fourth-order valence-corrected chi connectivity index (χ4v) is 3.80. The molecule has 9 heteroatoms. The van der Waals surface area contributed by atoms with Crippen molar-refractivity contribution < 1.29 is 14.9 Å². The van der Waals surface area contributed by atoms with E-state index in [9.17, 15) is 10.2 Å². The number of nitrogens with zero attached hydrogens (tertiary/aromatic N) is 4. The van der Waals surface area contributed by atoms with Gasteiger partial charge in [-0.3, -0.25) is 0 Å². The zero-order chi connectivity index (χ0) is 24.3. The van der Waals surface area contributed by atoms with Gasteiger partial charge < -0.3 is 30.2 Å². The number of nitrogens with one attached hydrogen (secondary N) is 2. The van der Waals surface area contributed by atoms with Gasteiger partial charge in [0.25, 0.3) is 0 Å². The first-order valence-corrected chi connectivity index (χ1v) is 11.4. The maximum atomic E-state index is 10.5. The van der Waals surface area contributed by atoms with Crippen LogP contribution in [0, 0.1) is 5.92 Å². The molecule has 0 bridgehead atoms. The maximum Gasteiger partial charge on any atom is 0.205 e. The van der Waals surface area contributed by atoms with Crippen LogP contribution >= 0.6 is 0 Å². The van der Waals surface area contributed by atoms with Crippen LogP contribution in [-0.4, -0.2) is 49.7 Å². The van der Waals surface area contributed by atoms with Crippen molar-refractivity contribution in [3.8, 4) is 22.9 Å². The number of phenolic OH excluding ortho intramolecular Hbond substituents is 1. The molecule has 0 aromatic heterocycles. The molecule has 1 aromatic carbocycles. The number of hydrogen-bond acceptors (Lipinski definition) is 8. The van der Waals surface area contributed by atoms with E-state index in [2.05, 4.69) is 66.9 Å². The lowest BCUT2D eigenvalue weighted by Gasteiger charge is -2.28. The second kappa shape index (κ2) is 10.2. The largest absolute Gasteiger partial charge is 0.504 e. The fraction of sp³-hybridized carbons (Fsp3) is 0.542. The molecule has 0 amide bonds. The Morgan fingerprint density at radius 3 is 2.39 bits per heavy atom. The van der Waals surface area contributed by atoms with Gasteiger partial charge in [0.05, 0.1) is 31.1 Å². The molecule has 2 heterocycles. The normalized spacial score (nSPS) is 12.7. The third-order valence-electron chi connectivity index (χ3n) is 5.76. The lowest BCUT2D eigenvalue weighted by atomic mass is 10.0. The monoisotopic (exact) mass is 456 g/mol. The molecule has 0 fully saturated rings. The number of methoxy groups -OCH3 is 1. The molecule has 0 radical (unpaired) electrons. The molecular formula is C24H36N6O3. The second-order valence-electron chi connectivity index (χ2n) is 9.18. The van der Waals surface area contributed by atoms with Crippen molar-refractivity contribution in [3.63, 3.8) is 0 Å². The lowest BCUT2D eigenvalue weighted by Crippen LogP contribution is -2.32. The van der Waals surface area contributed by atoms with Crippen molar-refractivity contribution in [1.29, 1.82) is 0 Å². The van der Waals surface area contributed by atoms with Crippen LogP contribution in [0.25, 0.3) is 11.4 Å². The Morgan fingerprint density at radius 2 is 1.82 bits per heavy atom. The van der Waals surface area contributed by atoms with Gasteiger partial charge in [-0.1, -0.05) is 39.8 Å². The molecular weight excluding hydrogens is 420 g/mol. The number of aliphatic hydroxyl groups excluding tert-OH is 1. The number of benzene rings is 1. The molecule has 1 aromatic rings. The third kappa shape index (κ3) is 4.98. The average molecular weight is 457 g/mol. The Kier molecular flexibility index (Phi) is 7.63. The second-order valence-corrected chi connectivity index (χ2v) is 9.18. The average Bonchev–Trinajstić information content (AvgIpc) is 3.21. The molecule has 2 aliphatic heterocycles. The van der Waals surface area contributed by atoms with Crippen molar-refractivity contribution in [1.82, 2.24) is 19.7 Å². The van der Waals surface area contributed by atoms with Crippen LogP contribution in [0.4, 0.5) is 11.8 Å². The van der Waals surface area contributed by atoms with Crippen LogP contribution in [-0.2, 0) is 6.54 Å². The molecule has 1 unspecified atom stereocenters. The summed E-state index contributed by atoms with van der Waals surface area (Å²) < 4.78 is 7.33.